The summed E-state index contributed by atoms with van der Waals surface area (Å²) < 4.78 is 70.3. The van der Waals surface area contributed by atoms with Gasteiger partial charge < -0.3 is 15.1 Å². The third-order valence-corrected chi connectivity index (χ3v) is 6.70. The lowest BCUT2D eigenvalue weighted by Crippen LogP contribution is -2.48. The van der Waals surface area contributed by atoms with E-state index in [0.29, 0.717) is 33.7 Å². The van der Waals surface area contributed by atoms with Gasteiger partial charge in [-0.05, 0) is 68.4 Å². The van der Waals surface area contributed by atoms with Crippen molar-refractivity contribution in [2.45, 2.75) is 51.2 Å². The van der Waals surface area contributed by atoms with Crippen molar-refractivity contribution in [1.82, 2.24) is 14.6 Å². The molecule has 2 heterocycles. The number of hydrogen-bond acceptors (Lipinski definition) is 8. The summed E-state index contributed by atoms with van der Waals surface area (Å²) in [7, 11) is -4.71. The zero-order valence-electron chi connectivity index (χ0n) is 19.5. The molecule has 35 heavy (non-hydrogen) atoms. The Balaban J connectivity index is 2.11. The molecule has 0 aliphatic heterocycles. The number of hydroxylamine groups is 1. The Morgan fingerprint density at radius 1 is 1.09 bits per heavy atom. The van der Waals surface area contributed by atoms with Crippen LogP contribution in [0, 0.1) is 13.8 Å². The normalized spacial score (nSPS) is 12.7. The molecule has 0 unspecified atom stereocenters. The first kappa shape index (κ1) is 26.2. The summed E-state index contributed by atoms with van der Waals surface area (Å²) in [5.41, 5.74) is 7.01. The van der Waals surface area contributed by atoms with Crippen LogP contribution in [0.2, 0.25) is 0 Å². The molecular weight excluding hydrogens is 489 g/mol. The number of halogens is 3. The number of sulfonamides is 1. The molecule has 0 saturated carbocycles. The summed E-state index contributed by atoms with van der Waals surface area (Å²) in [6.07, 6.45) is -3.96. The number of carbonyl (C=O) groups is 1. The van der Waals surface area contributed by atoms with Crippen molar-refractivity contribution in [3.63, 3.8) is 0 Å². The number of alkyl halides is 3. The van der Waals surface area contributed by atoms with Crippen LogP contribution in [0.25, 0.3) is 22.5 Å². The molecule has 0 amide bonds. The molecule has 0 fully saturated rings. The van der Waals surface area contributed by atoms with Crippen molar-refractivity contribution in [3.05, 3.63) is 47.8 Å². The first-order chi connectivity index (χ1) is 16.0. The number of nitrogens with two attached hydrogens (primary N) is 1. The number of nitrogens with zero attached hydrogens (tertiary/aromatic N) is 3. The topological polar surface area (TPSA) is 129 Å². The van der Waals surface area contributed by atoms with E-state index in [-0.39, 0.29) is 10.3 Å². The molecule has 188 valence electrons. The smallest absolute Gasteiger partial charge is 0.383 e. The Labute approximate surface area is 199 Å². The zero-order valence-corrected chi connectivity index (χ0v) is 20.3. The Hall–Kier alpha value is -3.45. The van der Waals surface area contributed by atoms with Crippen molar-refractivity contribution in [2.75, 3.05) is 5.73 Å². The Morgan fingerprint density at radius 2 is 1.74 bits per heavy atom. The monoisotopic (exact) mass is 512 g/mol. The molecule has 13 heteroatoms. The fourth-order valence-corrected chi connectivity index (χ4v) is 4.74. The molecule has 2 N–H and O–H groups in total. The van der Waals surface area contributed by atoms with Gasteiger partial charge in [-0.1, -0.05) is 11.2 Å². The molecule has 0 aliphatic carbocycles. The quantitative estimate of drug-likeness (QED) is 0.498. The highest BCUT2D eigenvalue weighted by Gasteiger charge is 2.47. The maximum atomic E-state index is 13.3. The average Bonchev–Trinajstić information content (AvgIpc) is 3.16. The van der Waals surface area contributed by atoms with Crippen molar-refractivity contribution < 1.29 is 35.7 Å². The Morgan fingerprint density at radius 3 is 2.29 bits per heavy atom. The van der Waals surface area contributed by atoms with E-state index < -0.39 is 32.6 Å². The van der Waals surface area contributed by atoms with Gasteiger partial charge in [0.25, 0.3) is 10.0 Å². The summed E-state index contributed by atoms with van der Waals surface area (Å²) in [5, 5.41) is 3.82. The maximum absolute atomic E-state index is 13.3. The van der Waals surface area contributed by atoms with Gasteiger partial charge in [0.2, 0.25) is 0 Å². The van der Waals surface area contributed by atoms with Crippen LogP contribution >= 0.6 is 0 Å². The number of hydrogen-bond donors (Lipinski definition) is 1. The summed E-state index contributed by atoms with van der Waals surface area (Å²) in [6, 6.07) is 7.23. The van der Waals surface area contributed by atoms with Gasteiger partial charge in [0.15, 0.2) is 5.76 Å². The van der Waals surface area contributed by atoms with Gasteiger partial charge in [-0.2, -0.15) is 13.2 Å². The summed E-state index contributed by atoms with van der Waals surface area (Å²) in [4.78, 5) is 19.5. The van der Waals surface area contributed by atoms with E-state index in [1.54, 1.807) is 26.0 Å². The highest BCUT2D eigenvalue weighted by Crippen LogP contribution is 2.34. The van der Waals surface area contributed by atoms with E-state index >= 15 is 0 Å². The molecule has 9 nitrogen and oxygen atoms in total. The van der Waals surface area contributed by atoms with Crippen LogP contribution in [-0.4, -0.2) is 40.7 Å². The minimum absolute atomic E-state index is 0.0498. The maximum Gasteiger partial charge on any atom is 0.492 e. The van der Waals surface area contributed by atoms with Crippen LogP contribution < -0.4 is 5.73 Å². The second-order valence-electron chi connectivity index (χ2n) is 8.75. The number of nitrogen functional groups attached to an aromatic ring is 1. The first-order valence-corrected chi connectivity index (χ1v) is 11.6. The molecule has 1 aromatic carbocycles. The Kier molecular flexibility index (Phi) is 6.70. The molecule has 0 bridgehead atoms. The second-order valence-corrected chi connectivity index (χ2v) is 10.5. The van der Waals surface area contributed by atoms with E-state index in [1.807, 2.05) is 0 Å². The number of aryl methyl sites for hydroxylation is 2. The third-order valence-electron chi connectivity index (χ3n) is 4.79. The summed E-state index contributed by atoms with van der Waals surface area (Å²) in [6.45, 7) is 7.31. The van der Waals surface area contributed by atoms with Crippen molar-refractivity contribution in [3.8, 4) is 22.5 Å². The molecule has 0 radical (unpaired) electrons. The minimum atomic E-state index is -5.39. The van der Waals surface area contributed by atoms with E-state index in [9.17, 15) is 26.4 Å². The SMILES string of the molecule is Cc1cc(-c2cc(-c3cc(S(=O)(=O)N(OC(=O)C(F)(F)F)C(C)(C)C)ccc3C)cnc2N)on1. The molecule has 0 saturated heterocycles. The molecule has 0 spiro atoms. The predicted octanol–water partition coefficient (Wildman–Crippen LogP) is 4.41. The van der Waals surface area contributed by atoms with Crippen LogP contribution in [0.3, 0.4) is 0 Å². The second kappa shape index (κ2) is 8.96. The lowest BCUT2D eigenvalue weighted by molar-refractivity contribution is -0.231. The zero-order chi connectivity index (χ0) is 26.3. The van der Waals surface area contributed by atoms with E-state index in [1.165, 1.54) is 45.2 Å². The number of anilines is 1. The molecule has 0 aliphatic rings. The Bertz CT molecular complexity index is 1380. The van der Waals surface area contributed by atoms with Crippen LogP contribution in [0.5, 0.6) is 0 Å². The minimum Gasteiger partial charge on any atom is -0.383 e. The average molecular weight is 513 g/mol. The van der Waals surface area contributed by atoms with Crippen LogP contribution in [0.1, 0.15) is 32.0 Å². The van der Waals surface area contributed by atoms with Gasteiger partial charge in [-0.3, -0.25) is 0 Å². The van der Waals surface area contributed by atoms with Crippen LogP contribution in [0.4, 0.5) is 19.0 Å². The number of pyridine rings is 1. The van der Waals surface area contributed by atoms with E-state index in [4.69, 9.17) is 10.3 Å². The van der Waals surface area contributed by atoms with Crippen molar-refractivity contribution in [2.24, 2.45) is 0 Å². The molecule has 3 aromatic rings. The largest absolute Gasteiger partial charge is 0.492 e. The fourth-order valence-electron chi connectivity index (χ4n) is 3.15. The number of rotatable bonds is 5. The van der Waals surface area contributed by atoms with Gasteiger partial charge in [0, 0.05) is 17.8 Å². The summed E-state index contributed by atoms with van der Waals surface area (Å²) in [5.74, 6) is -2.14. The molecule has 2 aromatic heterocycles. The van der Waals surface area contributed by atoms with Crippen molar-refractivity contribution >= 4 is 21.8 Å². The van der Waals surface area contributed by atoms with Crippen molar-refractivity contribution in [1.29, 1.82) is 0 Å². The lowest BCUT2D eigenvalue weighted by Gasteiger charge is -2.32. The summed E-state index contributed by atoms with van der Waals surface area (Å²) >= 11 is 0. The standard InChI is InChI=1S/C22H23F3N4O5S/c1-12-6-7-15(35(31,32)29(21(3,4)5)34-20(30)22(23,24)25)10-16(12)14-9-17(19(26)27-11-14)18-8-13(2)28-33-18/h6-11H,1-5H3,(H2,26,27). The van der Waals surface area contributed by atoms with Gasteiger partial charge in [0.05, 0.1) is 21.7 Å². The highest BCUT2D eigenvalue weighted by atomic mass is 32.2. The van der Waals surface area contributed by atoms with Gasteiger partial charge >= 0.3 is 12.1 Å². The highest BCUT2D eigenvalue weighted by molar-refractivity contribution is 7.89. The predicted molar refractivity (Wildman–Crippen MR) is 120 cm³/mol. The first-order valence-electron chi connectivity index (χ1n) is 10.2. The van der Waals surface area contributed by atoms with E-state index in [0.717, 1.165) is 0 Å². The number of benzene rings is 1. The molecule has 0 atom stereocenters. The number of aromatic nitrogens is 2. The molecule has 3 rings (SSSR count). The van der Waals surface area contributed by atoms with Gasteiger partial charge in [-0.15, -0.1) is 0 Å². The molecular formula is C22H23F3N4O5S. The van der Waals surface area contributed by atoms with E-state index in [2.05, 4.69) is 15.0 Å². The van der Waals surface area contributed by atoms with Crippen LogP contribution in [-0.2, 0) is 19.7 Å². The third kappa shape index (κ3) is 5.46. The number of carbonyl (C=O) groups excluding carboxylic acids is 1. The fraction of sp³-hybridized carbons (Fsp3) is 0.318. The van der Waals surface area contributed by atoms with Gasteiger partial charge in [0.1, 0.15) is 5.82 Å². The van der Waals surface area contributed by atoms with Crippen LogP contribution in [0.15, 0.2) is 45.9 Å². The lowest BCUT2D eigenvalue weighted by atomic mass is 10.00. The van der Waals surface area contributed by atoms with Gasteiger partial charge in [-0.25, -0.2) is 18.2 Å².